The van der Waals surface area contributed by atoms with Crippen molar-refractivity contribution in [3.05, 3.63) is 29.3 Å². The molecule has 0 aliphatic rings. The number of rotatable bonds is 4. The molecule has 16 heavy (non-hydrogen) atoms. The average molecular weight is 231 g/mol. The maximum Gasteiger partial charge on any atom is 0.305 e. The molecule has 0 aliphatic carbocycles. The van der Waals surface area contributed by atoms with Crippen molar-refractivity contribution in [3.8, 4) is 5.75 Å². The molecule has 6 heteroatoms. The van der Waals surface area contributed by atoms with Gasteiger partial charge in [-0.25, -0.2) is 4.39 Å². The zero-order chi connectivity index (χ0) is 12.3. The number of nitrogens with two attached hydrogens (primary N) is 1. The molecule has 0 saturated carbocycles. The van der Waals surface area contributed by atoms with Crippen LogP contribution in [0.2, 0.25) is 0 Å². The molecule has 1 aromatic carbocycles. The lowest BCUT2D eigenvalue weighted by molar-refractivity contribution is -0.137. The summed E-state index contributed by atoms with van der Waals surface area (Å²) >= 11 is 0. The molecule has 0 aromatic heterocycles. The van der Waals surface area contributed by atoms with Gasteiger partial charge in [0, 0.05) is 11.6 Å². The van der Waals surface area contributed by atoms with Gasteiger partial charge in [-0.1, -0.05) is 6.07 Å². The monoisotopic (exact) mass is 231 g/mol. The van der Waals surface area contributed by atoms with Crippen molar-refractivity contribution in [2.24, 2.45) is 5.73 Å². The molecular weight excluding hydrogens is 220 g/mol. The molecule has 0 saturated heterocycles. The topological polar surface area (TPSA) is 72.5 Å². The quantitative estimate of drug-likeness (QED) is 0.822. The van der Waals surface area contributed by atoms with Gasteiger partial charge in [-0.15, -0.1) is 0 Å². The number of benzene rings is 1. The van der Waals surface area contributed by atoms with Crippen molar-refractivity contribution in [1.29, 1.82) is 0 Å². The lowest BCUT2D eigenvalue weighted by Gasteiger charge is -2.14. The molecule has 0 fully saturated rings. The summed E-state index contributed by atoms with van der Waals surface area (Å²) in [7, 11) is 1.16. The fourth-order valence-corrected chi connectivity index (χ4v) is 1.34. The Morgan fingerprint density at radius 3 is 2.69 bits per heavy atom. The van der Waals surface area contributed by atoms with Gasteiger partial charge in [0.1, 0.15) is 0 Å². The second-order valence-electron chi connectivity index (χ2n) is 3.19. The Hall–Kier alpha value is -1.69. The van der Waals surface area contributed by atoms with E-state index in [9.17, 15) is 13.6 Å². The lowest BCUT2D eigenvalue weighted by atomic mass is 10.0. The van der Waals surface area contributed by atoms with Crippen LogP contribution in [-0.4, -0.2) is 18.2 Å². The minimum absolute atomic E-state index is 0.129. The summed E-state index contributed by atoms with van der Waals surface area (Å²) in [5.74, 6) is -3.71. The fourth-order valence-electron chi connectivity index (χ4n) is 1.34. The molecule has 0 aliphatic heterocycles. The van der Waals surface area contributed by atoms with Crippen LogP contribution in [0.5, 0.6) is 5.75 Å². The maximum absolute atomic E-state index is 13.3. The van der Waals surface area contributed by atoms with Gasteiger partial charge < -0.3 is 15.6 Å². The summed E-state index contributed by atoms with van der Waals surface area (Å²) in [6, 6.07) is 1.15. The van der Waals surface area contributed by atoms with E-state index in [1.165, 1.54) is 6.07 Å². The first-order chi connectivity index (χ1) is 7.47. The third-order valence-electron chi connectivity index (χ3n) is 2.08. The van der Waals surface area contributed by atoms with Gasteiger partial charge >= 0.3 is 5.97 Å². The van der Waals surface area contributed by atoms with E-state index in [1.54, 1.807) is 0 Å². The minimum Gasteiger partial charge on any atom is -0.493 e. The number of methoxy groups -OCH3 is 1. The number of hydrogen-bond donors (Lipinski definition) is 2. The molecule has 0 spiro atoms. The molecule has 0 bridgehead atoms. The van der Waals surface area contributed by atoms with Crippen LogP contribution in [-0.2, 0) is 4.79 Å². The van der Waals surface area contributed by atoms with Crippen molar-refractivity contribution in [3.63, 3.8) is 0 Å². The number of ether oxygens (including phenoxy) is 1. The molecule has 88 valence electrons. The predicted octanol–water partition coefficient (Wildman–Crippen LogP) is 1.45. The Morgan fingerprint density at radius 1 is 1.56 bits per heavy atom. The smallest absolute Gasteiger partial charge is 0.305 e. The number of hydrogen-bond acceptors (Lipinski definition) is 3. The van der Waals surface area contributed by atoms with Gasteiger partial charge in [-0.05, 0) is 6.07 Å². The first-order valence-corrected chi connectivity index (χ1v) is 4.46. The lowest BCUT2D eigenvalue weighted by Crippen LogP contribution is -2.16. The Bertz CT molecular complexity index is 409. The summed E-state index contributed by atoms with van der Waals surface area (Å²) in [5, 5.41) is 8.54. The van der Waals surface area contributed by atoms with Gasteiger partial charge in [-0.2, -0.15) is 4.39 Å². The van der Waals surface area contributed by atoms with Gasteiger partial charge in [-0.3, -0.25) is 4.79 Å². The van der Waals surface area contributed by atoms with Crippen LogP contribution in [0.15, 0.2) is 12.1 Å². The van der Waals surface area contributed by atoms with E-state index in [0.717, 1.165) is 13.2 Å². The first-order valence-electron chi connectivity index (χ1n) is 4.46. The van der Waals surface area contributed by atoms with Crippen molar-refractivity contribution in [2.45, 2.75) is 12.5 Å². The molecule has 3 N–H and O–H groups in total. The van der Waals surface area contributed by atoms with E-state index in [1.807, 2.05) is 0 Å². The van der Waals surface area contributed by atoms with E-state index in [0.29, 0.717) is 0 Å². The highest BCUT2D eigenvalue weighted by Gasteiger charge is 2.20. The summed E-state index contributed by atoms with van der Waals surface area (Å²) in [6.45, 7) is 0. The normalized spacial score (nSPS) is 12.2. The highest BCUT2D eigenvalue weighted by atomic mass is 19.2. The van der Waals surface area contributed by atoms with E-state index in [2.05, 4.69) is 4.74 Å². The average Bonchev–Trinajstić information content (AvgIpc) is 2.20. The van der Waals surface area contributed by atoms with Gasteiger partial charge in [0.25, 0.3) is 0 Å². The largest absolute Gasteiger partial charge is 0.493 e. The van der Waals surface area contributed by atoms with E-state index in [-0.39, 0.29) is 17.7 Å². The predicted molar refractivity (Wildman–Crippen MR) is 52.1 cm³/mol. The Labute approximate surface area is 90.6 Å². The number of carbonyl (C=O) groups is 1. The van der Waals surface area contributed by atoms with Crippen molar-refractivity contribution >= 4 is 5.97 Å². The van der Waals surface area contributed by atoms with Crippen molar-refractivity contribution in [2.75, 3.05) is 7.11 Å². The zero-order valence-corrected chi connectivity index (χ0v) is 8.54. The zero-order valence-electron chi connectivity index (χ0n) is 8.54. The van der Waals surface area contributed by atoms with E-state index in [4.69, 9.17) is 10.8 Å². The van der Waals surface area contributed by atoms with Crippen molar-refractivity contribution in [1.82, 2.24) is 0 Å². The maximum atomic E-state index is 13.3. The highest BCUT2D eigenvalue weighted by molar-refractivity contribution is 5.68. The van der Waals surface area contributed by atoms with Crippen LogP contribution in [0.1, 0.15) is 18.0 Å². The van der Waals surface area contributed by atoms with Crippen LogP contribution in [0, 0.1) is 11.6 Å². The second kappa shape index (κ2) is 4.89. The molecule has 0 unspecified atom stereocenters. The van der Waals surface area contributed by atoms with Crippen LogP contribution in [0.3, 0.4) is 0 Å². The standard InChI is InChI=1S/C10H11F2NO3/c1-16-10-5(7(13)4-8(14)15)2-3-6(11)9(10)12/h2-3,7H,4,13H2,1H3,(H,14,15)/t7-/m1/s1. The van der Waals surface area contributed by atoms with Crippen molar-refractivity contribution < 1.29 is 23.4 Å². The molecule has 0 amide bonds. The molecule has 1 aromatic rings. The van der Waals surface area contributed by atoms with Crippen LogP contribution >= 0.6 is 0 Å². The number of halogens is 2. The number of aliphatic carboxylic acids is 1. The molecule has 0 heterocycles. The Balaban J connectivity index is 3.13. The van der Waals surface area contributed by atoms with Crippen LogP contribution < -0.4 is 10.5 Å². The summed E-state index contributed by atoms with van der Waals surface area (Å²) < 4.78 is 30.8. The van der Waals surface area contributed by atoms with Gasteiger partial charge in [0.05, 0.1) is 13.5 Å². The van der Waals surface area contributed by atoms with Gasteiger partial charge in [0.15, 0.2) is 11.6 Å². The Morgan fingerprint density at radius 2 is 2.19 bits per heavy atom. The van der Waals surface area contributed by atoms with Crippen LogP contribution in [0.4, 0.5) is 8.78 Å². The second-order valence-corrected chi connectivity index (χ2v) is 3.19. The molecule has 4 nitrogen and oxygen atoms in total. The first kappa shape index (κ1) is 12.4. The molecular formula is C10H11F2NO3. The number of carboxylic acid groups (broad SMARTS) is 1. The summed E-state index contributed by atoms with van der Waals surface area (Å²) in [4.78, 5) is 10.4. The van der Waals surface area contributed by atoms with E-state index < -0.39 is 23.6 Å². The third-order valence-corrected chi connectivity index (χ3v) is 2.08. The molecule has 0 radical (unpaired) electrons. The minimum atomic E-state index is -1.17. The highest BCUT2D eigenvalue weighted by Crippen LogP contribution is 2.29. The molecule has 1 rings (SSSR count). The van der Waals surface area contributed by atoms with Crippen LogP contribution in [0.25, 0.3) is 0 Å². The van der Waals surface area contributed by atoms with Gasteiger partial charge in [0.2, 0.25) is 5.82 Å². The summed E-state index contributed by atoms with van der Waals surface area (Å²) in [5.41, 5.74) is 5.67. The number of carboxylic acids is 1. The molecule has 1 atom stereocenters. The SMILES string of the molecule is COc1c([C@H](N)CC(=O)O)ccc(F)c1F. The summed E-state index contributed by atoms with van der Waals surface area (Å²) in [6.07, 6.45) is -0.387. The third kappa shape index (κ3) is 2.46. The fraction of sp³-hybridized carbons (Fsp3) is 0.300. The van der Waals surface area contributed by atoms with E-state index >= 15 is 0 Å². The Kier molecular flexibility index (Phi) is 3.78.